The lowest BCUT2D eigenvalue weighted by atomic mass is 9.83. The first-order valence-corrected chi connectivity index (χ1v) is 6.41. The number of nitrogens with one attached hydrogen (secondary N) is 2. The van der Waals surface area contributed by atoms with Crippen LogP contribution in [0.25, 0.3) is 10.9 Å². The molecule has 0 aliphatic carbocycles. The fraction of sp³-hybridized carbons (Fsp3) is 0.400. The van der Waals surface area contributed by atoms with Crippen molar-refractivity contribution in [3.05, 3.63) is 36.0 Å². The van der Waals surface area contributed by atoms with E-state index in [-0.39, 0.29) is 5.91 Å². The number of carbonyl (C=O) groups excluding carboxylic acids is 1. The molecule has 0 saturated heterocycles. The van der Waals surface area contributed by atoms with Crippen molar-refractivity contribution in [2.24, 2.45) is 0 Å². The first kappa shape index (κ1) is 13.6. The van der Waals surface area contributed by atoms with E-state index in [9.17, 15) is 4.79 Å². The predicted octanol–water partition coefficient (Wildman–Crippen LogP) is 2.21. The Kier molecular flexibility index (Phi) is 3.90. The summed E-state index contributed by atoms with van der Waals surface area (Å²) in [5.41, 5.74) is 1.49. The van der Waals surface area contributed by atoms with Crippen LogP contribution < -0.4 is 5.32 Å². The van der Waals surface area contributed by atoms with Gasteiger partial charge in [0, 0.05) is 30.8 Å². The highest BCUT2D eigenvalue weighted by molar-refractivity contribution is 5.94. The maximum absolute atomic E-state index is 12.3. The number of aromatic nitrogens is 1. The molecule has 0 aliphatic rings. The number of para-hydroxylation sites is 1. The van der Waals surface area contributed by atoms with Crippen LogP contribution in [0.2, 0.25) is 0 Å². The van der Waals surface area contributed by atoms with Crippen LogP contribution in [0.5, 0.6) is 0 Å². The van der Waals surface area contributed by atoms with Crippen LogP contribution in [0.3, 0.4) is 0 Å². The number of methoxy groups -OCH3 is 1. The Hall–Kier alpha value is -1.81. The molecule has 0 unspecified atom stereocenters. The number of carbonyl (C=O) groups is 1. The van der Waals surface area contributed by atoms with Crippen molar-refractivity contribution >= 4 is 16.8 Å². The van der Waals surface area contributed by atoms with E-state index >= 15 is 0 Å². The minimum absolute atomic E-state index is 0.00861. The number of amides is 1. The van der Waals surface area contributed by atoms with Gasteiger partial charge in [-0.25, -0.2) is 0 Å². The SMILES string of the molecule is COCCNC(=O)C(C)(C)c1c[nH]c2ccccc12. The van der Waals surface area contributed by atoms with Gasteiger partial charge < -0.3 is 15.0 Å². The molecule has 2 rings (SSSR count). The van der Waals surface area contributed by atoms with Crippen LogP contribution in [0, 0.1) is 0 Å². The molecule has 0 spiro atoms. The molecule has 0 saturated carbocycles. The number of hydrogen-bond acceptors (Lipinski definition) is 2. The Labute approximate surface area is 113 Å². The Morgan fingerprint density at radius 1 is 1.37 bits per heavy atom. The van der Waals surface area contributed by atoms with E-state index in [0.717, 1.165) is 16.5 Å². The highest BCUT2D eigenvalue weighted by atomic mass is 16.5. The first-order valence-electron chi connectivity index (χ1n) is 6.41. The monoisotopic (exact) mass is 260 g/mol. The van der Waals surface area contributed by atoms with Crippen LogP contribution in [-0.2, 0) is 14.9 Å². The topological polar surface area (TPSA) is 54.1 Å². The van der Waals surface area contributed by atoms with Crippen molar-refractivity contribution in [3.63, 3.8) is 0 Å². The second-order valence-electron chi connectivity index (χ2n) is 5.12. The highest BCUT2D eigenvalue weighted by Gasteiger charge is 2.31. The van der Waals surface area contributed by atoms with Gasteiger partial charge in [0.05, 0.1) is 12.0 Å². The summed E-state index contributed by atoms with van der Waals surface area (Å²) in [6.45, 7) is 4.92. The zero-order valence-electron chi connectivity index (χ0n) is 11.6. The second-order valence-corrected chi connectivity index (χ2v) is 5.12. The van der Waals surface area contributed by atoms with Gasteiger partial charge in [0.15, 0.2) is 0 Å². The van der Waals surface area contributed by atoms with Crippen LogP contribution in [-0.4, -0.2) is 31.2 Å². The number of benzene rings is 1. The van der Waals surface area contributed by atoms with Crippen molar-refractivity contribution in [1.29, 1.82) is 0 Å². The molecular weight excluding hydrogens is 240 g/mol. The van der Waals surface area contributed by atoms with Gasteiger partial charge in [-0.3, -0.25) is 4.79 Å². The normalized spacial score (nSPS) is 11.7. The quantitative estimate of drug-likeness (QED) is 0.810. The van der Waals surface area contributed by atoms with E-state index in [0.29, 0.717) is 13.2 Å². The van der Waals surface area contributed by atoms with Gasteiger partial charge in [-0.2, -0.15) is 0 Å². The number of ether oxygens (including phenoxy) is 1. The molecule has 19 heavy (non-hydrogen) atoms. The smallest absolute Gasteiger partial charge is 0.230 e. The molecule has 4 heteroatoms. The molecule has 1 heterocycles. The largest absolute Gasteiger partial charge is 0.383 e. The van der Waals surface area contributed by atoms with Crippen molar-refractivity contribution in [3.8, 4) is 0 Å². The van der Waals surface area contributed by atoms with Gasteiger partial charge in [-0.05, 0) is 25.5 Å². The number of aromatic amines is 1. The molecule has 0 radical (unpaired) electrons. The molecule has 1 amide bonds. The lowest BCUT2D eigenvalue weighted by Crippen LogP contribution is -2.41. The summed E-state index contributed by atoms with van der Waals surface area (Å²) in [5.74, 6) is 0.00861. The molecule has 0 atom stereocenters. The van der Waals surface area contributed by atoms with E-state index in [2.05, 4.69) is 10.3 Å². The summed E-state index contributed by atoms with van der Waals surface area (Å²) in [7, 11) is 1.62. The molecule has 2 aromatic rings. The highest BCUT2D eigenvalue weighted by Crippen LogP contribution is 2.30. The molecule has 102 valence electrons. The van der Waals surface area contributed by atoms with Gasteiger partial charge in [0.25, 0.3) is 0 Å². The average molecular weight is 260 g/mol. The Morgan fingerprint density at radius 2 is 2.11 bits per heavy atom. The molecular formula is C15H20N2O2. The van der Waals surface area contributed by atoms with Gasteiger partial charge >= 0.3 is 0 Å². The summed E-state index contributed by atoms with van der Waals surface area (Å²) in [5, 5.41) is 3.99. The average Bonchev–Trinajstić information content (AvgIpc) is 2.83. The van der Waals surface area contributed by atoms with Crippen molar-refractivity contribution in [2.75, 3.05) is 20.3 Å². The fourth-order valence-electron chi connectivity index (χ4n) is 2.20. The zero-order valence-corrected chi connectivity index (χ0v) is 11.6. The predicted molar refractivity (Wildman–Crippen MR) is 76.2 cm³/mol. The van der Waals surface area contributed by atoms with Gasteiger partial charge in [-0.15, -0.1) is 0 Å². The van der Waals surface area contributed by atoms with Crippen LogP contribution in [0.1, 0.15) is 19.4 Å². The number of fused-ring (bicyclic) bond motifs is 1. The Bertz CT molecular complexity index is 572. The van der Waals surface area contributed by atoms with Gasteiger partial charge in [0.1, 0.15) is 0 Å². The summed E-state index contributed by atoms with van der Waals surface area (Å²) >= 11 is 0. The Balaban J connectivity index is 2.25. The molecule has 0 aliphatic heterocycles. The second kappa shape index (κ2) is 5.45. The molecule has 1 aromatic heterocycles. The van der Waals surface area contributed by atoms with Crippen molar-refractivity contribution in [1.82, 2.24) is 10.3 Å². The number of rotatable bonds is 5. The van der Waals surface area contributed by atoms with Crippen molar-refractivity contribution < 1.29 is 9.53 Å². The maximum Gasteiger partial charge on any atom is 0.230 e. The molecule has 0 bridgehead atoms. The van der Waals surface area contributed by atoms with Crippen LogP contribution >= 0.6 is 0 Å². The molecule has 4 nitrogen and oxygen atoms in total. The maximum atomic E-state index is 12.3. The lowest BCUT2D eigenvalue weighted by Gasteiger charge is -2.23. The van der Waals surface area contributed by atoms with E-state index in [1.165, 1.54) is 0 Å². The molecule has 0 fully saturated rings. The third-order valence-corrected chi connectivity index (χ3v) is 3.42. The molecule has 2 N–H and O–H groups in total. The third-order valence-electron chi connectivity index (χ3n) is 3.42. The standard InChI is InChI=1S/C15H20N2O2/c1-15(2,14(18)16-8-9-19-3)12-10-17-13-7-5-4-6-11(12)13/h4-7,10,17H,8-9H2,1-3H3,(H,16,18). The third kappa shape index (κ3) is 2.63. The van der Waals surface area contributed by atoms with E-state index in [1.807, 2.05) is 44.3 Å². The number of H-pyrrole nitrogens is 1. The van der Waals surface area contributed by atoms with Crippen LogP contribution in [0.4, 0.5) is 0 Å². The van der Waals surface area contributed by atoms with Crippen molar-refractivity contribution in [2.45, 2.75) is 19.3 Å². The minimum Gasteiger partial charge on any atom is -0.383 e. The summed E-state index contributed by atoms with van der Waals surface area (Å²) in [6.07, 6.45) is 1.92. The minimum atomic E-state index is -0.576. The van der Waals surface area contributed by atoms with E-state index in [1.54, 1.807) is 7.11 Å². The Morgan fingerprint density at radius 3 is 2.84 bits per heavy atom. The van der Waals surface area contributed by atoms with Crippen LogP contribution in [0.15, 0.2) is 30.5 Å². The molecule has 1 aromatic carbocycles. The lowest BCUT2D eigenvalue weighted by molar-refractivity contribution is -0.125. The first-order chi connectivity index (χ1) is 9.07. The summed E-state index contributed by atoms with van der Waals surface area (Å²) in [4.78, 5) is 15.5. The summed E-state index contributed by atoms with van der Waals surface area (Å²) < 4.78 is 4.94. The zero-order chi connectivity index (χ0) is 13.9. The fourth-order valence-corrected chi connectivity index (χ4v) is 2.20. The number of hydrogen-bond donors (Lipinski definition) is 2. The van der Waals surface area contributed by atoms with E-state index in [4.69, 9.17) is 4.74 Å². The van der Waals surface area contributed by atoms with E-state index < -0.39 is 5.41 Å². The van der Waals surface area contributed by atoms with Gasteiger partial charge in [-0.1, -0.05) is 18.2 Å². The van der Waals surface area contributed by atoms with Gasteiger partial charge in [0.2, 0.25) is 5.91 Å². The summed E-state index contributed by atoms with van der Waals surface area (Å²) in [6, 6.07) is 8.01.